The molecule has 4 aromatic rings. The summed E-state index contributed by atoms with van der Waals surface area (Å²) in [5.74, 6) is 1.41. The number of furan rings is 1. The summed E-state index contributed by atoms with van der Waals surface area (Å²) >= 11 is 0. The molecule has 0 bridgehead atoms. The van der Waals surface area contributed by atoms with Gasteiger partial charge < -0.3 is 19.2 Å². The third-order valence-corrected chi connectivity index (χ3v) is 4.63. The van der Waals surface area contributed by atoms with E-state index in [1.165, 1.54) is 0 Å². The van der Waals surface area contributed by atoms with Gasteiger partial charge >= 0.3 is 0 Å². The lowest BCUT2D eigenvalue weighted by atomic mass is 10.1. The van der Waals surface area contributed by atoms with Gasteiger partial charge in [0.1, 0.15) is 22.7 Å². The molecule has 1 heterocycles. The molecule has 5 nitrogen and oxygen atoms in total. The van der Waals surface area contributed by atoms with E-state index in [2.05, 4.69) is 19.2 Å². The average Bonchev–Trinajstić information content (AvgIpc) is 3.09. The van der Waals surface area contributed by atoms with E-state index >= 15 is 0 Å². The molecule has 29 heavy (non-hydrogen) atoms. The standard InChI is InChI=1S/C24H23NO4/c1-15(2)14-28-17-8-6-7-16(11-17)24(26)25-20-13-22-19(12-23(20)27-3)18-9-4-5-10-21(18)29-22/h4-13,15H,14H2,1-3H3,(H,25,26). The molecule has 1 aromatic heterocycles. The van der Waals surface area contributed by atoms with Gasteiger partial charge in [-0.15, -0.1) is 0 Å². The van der Waals surface area contributed by atoms with Crippen molar-refractivity contribution < 1.29 is 18.7 Å². The van der Waals surface area contributed by atoms with Crippen LogP contribution in [-0.2, 0) is 0 Å². The van der Waals surface area contributed by atoms with Crippen molar-refractivity contribution in [3.63, 3.8) is 0 Å². The normalized spacial score (nSPS) is 11.2. The topological polar surface area (TPSA) is 60.7 Å². The Morgan fingerprint density at radius 3 is 2.62 bits per heavy atom. The van der Waals surface area contributed by atoms with E-state index in [1.807, 2.05) is 42.5 Å². The molecule has 0 spiro atoms. The first kappa shape index (κ1) is 18.9. The summed E-state index contributed by atoms with van der Waals surface area (Å²) in [4.78, 5) is 12.8. The predicted molar refractivity (Wildman–Crippen MR) is 115 cm³/mol. The fourth-order valence-electron chi connectivity index (χ4n) is 3.20. The Morgan fingerprint density at radius 2 is 1.83 bits per heavy atom. The number of rotatable bonds is 6. The van der Waals surface area contributed by atoms with Gasteiger partial charge in [0.25, 0.3) is 5.91 Å². The Bertz CT molecular complexity index is 1180. The number of methoxy groups -OCH3 is 1. The zero-order chi connectivity index (χ0) is 20.4. The average molecular weight is 389 g/mol. The number of para-hydroxylation sites is 1. The molecule has 1 N–H and O–H groups in total. The molecule has 5 heteroatoms. The van der Waals surface area contributed by atoms with Gasteiger partial charge in [-0.2, -0.15) is 0 Å². The number of hydrogen-bond acceptors (Lipinski definition) is 4. The number of ether oxygens (including phenoxy) is 2. The first-order valence-electron chi connectivity index (χ1n) is 9.58. The fraction of sp³-hybridized carbons (Fsp3) is 0.208. The number of fused-ring (bicyclic) bond motifs is 3. The predicted octanol–water partition coefficient (Wildman–Crippen LogP) is 5.88. The van der Waals surface area contributed by atoms with E-state index in [4.69, 9.17) is 13.9 Å². The highest BCUT2D eigenvalue weighted by atomic mass is 16.5. The van der Waals surface area contributed by atoms with Crippen molar-refractivity contribution in [1.82, 2.24) is 0 Å². The maximum Gasteiger partial charge on any atom is 0.255 e. The molecule has 0 unspecified atom stereocenters. The number of anilines is 1. The van der Waals surface area contributed by atoms with Gasteiger partial charge in [-0.3, -0.25) is 4.79 Å². The van der Waals surface area contributed by atoms with Gasteiger partial charge in [-0.1, -0.05) is 38.1 Å². The minimum Gasteiger partial charge on any atom is -0.495 e. The van der Waals surface area contributed by atoms with Gasteiger partial charge in [0.2, 0.25) is 0 Å². The van der Waals surface area contributed by atoms with Gasteiger partial charge in [-0.05, 0) is 36.2 Å². The number of nitrogens with one attached hydrogen (secondary N) is 1. The zero-order valence-electron chi connectivity index (χ0n) is 16.7. The summed E-state index contributed by atoms with van der Waals surface area (Å²) in [6.07, 6.45) is 0. The second-order valence-corrected chi connectivity index (χ2v) is 7.33. The zero-order valence-corrected chi connectivity index (χ0v) is 16.7. The smallest absolute Gasteiger partial charge is 0.255 e. The van der Waals surface area contributed by atoms with Crippen LogP contribution in [0.4, 0.5) is 5.69 Å². The van der Waals surface area contributed by atoms with Crippen LogP contribution in [0.5, 0.6) is 11.5 Å². The first-order chi connectivity index (χ1) is 14.0. The van der Waals surface area contributed by atoms with Crippen molar-refractivity contribution in [2.75, 3.05) is 19.0 Å². The molecule has 148 valence electrons. The van der Waals surface area contributed by atoms with Crippen LogP contribution in [0, 0.1) is 5.92 Å². The maximum atomic E-state index is 12.8. The summed E-state index contributed by atoms with van der Waals surface area (Å²) in [7, 11) is 1.58. The van der Waals surface area contributed by atoms with Crippen LogP contribution in [-0.4, -0.2) is 19.6 Å². The van der Waals surface area contributed by atoms with Crippen molar-refractivity contribution in [2.24, 2.45) is 5.92 Å². The van der Waals surface area contributed by atoms with E-state index in [1.54, 1.807) is 25.3 Å². The van der Waals surface area contributed by atoms with Crippen molar-refractivity contribution in [1.29, 1.82) is 0 Å². The number of hydrogen-bond donors (Lipinski definition) is 1. The minimum absolute atomic E-state index is 0.242. The van der Waals surface area contributed by atoms with Gasteiger partial charge in [0, 0.05) is 22.4 Å². The molecular weight excluding hydrogens is 366 g/mol. The largest absolute Gasteiger partial charge is 0.495 e. The molecule has 0 aliphatic heterocycles. The van der Waals surface area contributed by atoms with E-state index in [9.17, 15) is 4.79 Å². The lowest BCUT2D eigenvalue weighted by Gasteiger charge is -2.12. The second kappa shape index (κ2) is 7.87. The first-order valence-corrected chi connectivity index (χ1v) is 9.58. The van der Waals surface area contributed by atoms with Gasteiger partial charge in [0.05, 0.1) is 19.4 Å². The molecule has 0 fully saturated rings. The molecule has 0 saturated heterocycles. The Morgan fingerprint density at radius 1 is 1.00 bits per heavy atom. The highest BCUT2D eigenvalue weighted by Gasteiger charge is 2.15. The summed E-state index contributed by atoms with van der Waals surface area (Å²) in [5, 5.41) is 4.88. The molecule has 1 amide bonds. The van der Waals surface area contributed by atoms with Crippen molar-refractivity contribution >= 4 is 33.5 Å². The summed E-state index contributed by atoms with van der Waals surface area (Å²) in [6, 6.07) is 18.7. The number of carbonyl (C=O) groups excluding carboxylic acids is 1. The fourth-order valence-corrected chi connectivity index (χ4v) is 3.20. The van der Waals surface area contributed by atoms with Crippen LogP contribution in [0.3, 0.4) is 0 Å². The van der Waals surface area contributed by atoms with E-state index in [0.29, 0.717) is 40.9 Å². The second-order valence-electron chi connectivity index (χ2n) is 7.33. The molecule has 3 aromatic carbocycles. The van der Waals surface area contributed by atoms with Crippen molar-refractivity contribution in [3.8, 4) is 11.5 Å². The van der Waals surface area contributed by atoms with E-state index in [0.717, 1.165) is 16.4 Å². The monoisotopic (exact) mass is 389 g/mol. The third-order valence-electron chi connectivity index (χ3n) is 4.63. The number of amides is 1. The highest BCUT2D eigenvalue weighted by Crippen LogP contribution is 2.36. The molecule has 0 aliphatic carbocycles. The van der Waals surface area contributed by atoms with Crippen LogP contribution >= 0.6 is 0 Å². The Kier molecular flexibility index (Phi) is 5.12. The van der Waals surface area contributed by atoms with Crippen LogP contribution in [0.2, 0.25) is 0 Å². The molecule has 0 atom stereocenters. The molecule has 0 saturated carbocycles. The Labute approximate surface area is 169 Å². The van der Waals surface area contributed by atoms with Crippen LogP contribution < -0.4 is 14.8 Å². The van der Waals surface area contributed by atoms with Crippen LogP contribution in [0.25, 0.3) is 21.9 Å². The Hall–Kier alpha value is -3.47. The van der Waals surface area contributed by atoms with E-state index < -0.39 is 0 Å². The molecule has 0 aliphatic rings. The summed E-state index contributed by atoms with van der Waals surface area (Å²) in [5.41, 5.74) is 2.55. The van der Waals surface area contributed by atoms with Crippen molar-refractivity contribution in [2.45, 2.75) is 13.8 Å². The molecular formula is C24H23NO4. The van der Waals surface area contributed by atoms with Crippen molar-refractivity contribution in [3.05, 3.63) is 66.2 Å². The number of carbonyl (C=O) groups is 1. The van der Waals surface area contributed by atoms with Gasteiger partial charge in [-0.25, -0.2) is 0 Å². The third kappa shape index (κ3) is 3.90. The maximum absolute atomic E-state index is 12.8. The quantitative estimate of drug-likeness (QED) is 0.447. The minimum atomic E-state index is -0.242. The van der Waals surface area contributed by atoms with Gasteiger partial charge in [0.15, 0.2) is 0 Å². The summed E-state index contributed by atoms with van der Waals surface area (Å²) < 4.78 is 17.2. The van der Waals surface area contributed by atoms with E-state index in [-0.39, 0.29) is 5.91 Å². The number of benzene rings is 3. The molecule has 0 radical (unpaired) electrons. The van der Waals surface area contributed by atoms with Crippen LogP contribution in [0.1, 0.15) is 24.2 Å². The lowest BCUT2D eigenvalue weighted by molar-refractivity contribution is 0.102. The highest BCUT2D eigenvalue weighted by molar-refractivity contribution is 6.10. The SMILES string of the molecule is COc1cc2c(cc1NC(=O)c1cccc(OCC(C)C)c1)oc1ccccc12. The van der Waals surface area contributed by atoms with Crippen LogP contribution in [0.15, 0.2) is 65.1 Å². The lowest BCUT2D eigenvalue weighted by Crippen LogP contribution is -2.13. The summed E-state index contributed by atoms with van der Waals surface area (Å²) in [6.45, 7) is 4.76. The molecule has 4 rings (SSSR count). The Balaban J connectivity index is 1.64.